The monoisotopic (exact) mass is 286 g/mol. The zero-order valence-electron chi connectivity index (χ0n) is 9.57. The van der Waals surface area contributed by atoms with Gasteiger partial charge < -0.3 is 5.11 Å². The molecule has 0 atom stereocenters. The Bertz CT molecular complexity index is 650. The highest BCUT2D eigenvalue weighted by atomic mass is 32.2. The van der Waals surface area contributed by atoms with Crippen molar-refractivity contribution >= 4 is 27.4 Å². The Morgan fingerprint density at radius 2 is 2.05 bits per heavy atom. The van der Waals surface area contributed by atoms with E-state index in [4.69, 9.17) is 5.11 Å². The van der Waals surface area contributed by atoms with Crippen molar-refractivity contribution < 1.29 is 23.2 Å². The molecule has 19 heavy (non-hydrogen) atoms. The van der Waals surface area contributed by atoms with Crippen LogP contribution in [0.4, 0.5) is 11.4 Å². The number of rotatable bonds is 5. The molecule has 8 nitrogen and oxygen atoms in total. The van der Waals surface area contributed by atoms with E-state index in [1.807, 2.05) is 0 Å². The summed E-state index contributed by atoms with van der Waals surface area (Å²) in [6.45, 7) is 0. The van der Waals surface area contributed by atoms with E-state index in [9.17, 15) is 23.3 Å². The molecule has 0 aliphatic heterocycles. The molecule has 0 saturated heterocycles. The molecule has 1 aliphatic carbocycles. The number of nitrogens with zero attached hydrogens (tertiary/aromatic N) is 1. The van der Waals surface area contributed by atoms with Gasteiger partial charge in [0, 0.05) is 6.07 Å². The zero-order chi connectivity index (χ0) is 14.2. The van der Waals surface area contributed by atoms with Crippen molar-refractivity contribution in [3.63, 3.8) is 0 Å². The van der Waals surface area contributed by atoms with Crippen molar-refractivity contribution in [1.29, 1.82) is 0 Å². The number of aromatic carboxylic acids is 1. The Labute approximate surface area is 108 Å². The molecule has 1 aliphatic rings. The number of nitro groups is 1. The second-order valence-electron chi connectivity index (χ2n) is 4.14. The third kappa shape index (κ3) is 2.81. The third-order valence-electron chi connectivity index (χ3n) is 2.66. The summed E-state index contributed by atoms with van der Waals surface area (Å²) < 4.78 is 25.5. The summed E-state index contributed by atoms with van der Waals surface area (Å²) >= 11 is 0. The average molecular weight is 286 g/mol. The number of carboxylic acid groups (broad SMARTS) is 1. The maximum Gasteiger partial charge on any atom is 0.335 e. The van der Waals surface area contributed by atoms with Crippen molar-refractivity contribution in [3.8, 4) is 0 Å². The number of benzene rings is 1. The Morgan fingerprint density at radius 3 is 2.53 bits per heavy atom. The predicted octanol–water partition coefficient (Wildman–Crippen LogP) is 1.20. The van der Waals surface area contributed by atoms with Crippen LogP contribution in [-0.2, 0) is 10.0 Å². The Balaban J connectivity index is 2.39. The van der Waals surface area contributed by atoms with E-state index < -0.39 is 31.9 Å². The number of nitro benzene ring substituents is 1. The first-order chi connectivity index (χ1) is 8.81. The van der Waals surface area contributed by atoms with Crippen molar-refractivity contribution in [1.82, 2.24) is 0 Å². The van der Waals surface area contributed by atoms with E-state index >= 15 is 0 Å². The first kappa shape index (κ1) is 13.3. The lowest BCUT2D eigenvalue weighted by Crippen LogP contribution is -2.18. The number of anilines is 1. The van der Waals surface area contributed by atoms with Crippen molar-refractivity contribution in [2.75, 3.05) is 4.72 Å². The number of carboxylic acids is 1. The Kier molecular flexibility index (Phi) is 3.14. The second-order valence-corrected chi connectivity index (χ2v) is 6.10. The summed E-state index contributed by atoms with van der Waals surface area (Å²) in [6.07, 6.45) is 1.05. The molecule has 0 unspecified atom stereocenters. The summed E-state index contributed by atoms with van der Waals surface area (Å²) in [5.74, 6) is -1.32. The highest BCUT2D eigenvalue weighted by Crippen LogP contribution is 2.33. The fraction of sp³-hybridized carbons (Fsp3) is 0.300. The lowest BCUT2D eigenvalue weighted by molar-refractivity contribution is -0.383. The van der Waals surface area contributed by atoms with E-state index in [0.717, 1.165) is 18.2 Å². The van der Waals surface area contributed by atoms with Gasteiger partial charge >= 0.3 is 5.97 Å². The molecular formula is C10H10N2O6S. The largest absolute Gasteiger partial charge is 0.478 e. The van der Waals surface area contributed by atoms with Crippen LogP contribution < -0.4 is 4.72 Å². The molecule has 0 aromatic heterocycles. The smallest absolute Gasteiger partial charge is 0.335 e. The molecule has 0 radical (unpaired) electrons. The van der Waals surface area contributed by atoms with Crippen molar-refractivity contribution in [2.24, 2.45) is 0 Å². The summed E-state index contributed by atoms with van der Waals surface area (Å²) in [5.41, 5.74) is -1.08. The van der Waals surface area contributed by atoms with Crippen molar-refractivity contribution in [3.05, 3.63) is 33.9 Å². The maximum atomic E-state index is 11.7. The summed E-state index contributed by atoms with van der Waals surface area (Å²) in [5, 5.41) is 19.1. The Morgan fingerprint density at radius 1 is 1.42 bits per heavy atom. The quantitative estimate of drug-likeness (QED) is 0.618. The van der Waals surface area contributed by atoms with E-state index in [2.05, 4.69) is 4.72 Å². The molecule has 1 aromatic carbocycles. The van der Waals surface area contributed by atoms with Crippen LogP contribution in [0.15, 0.2) is 18.2 Å². The van der Waals surface area contributed by atoms with E-state index in [-0.39, 0.29) is 11.3 Å². The van der Waals surface area contributed by atoms with Gasteiger partial charge in [0.2, 0.25) is 10.0 Å². The van der Waals surface area contributed by atoms with Crippen LogP contribution in [0.3, 0.4) is 0 Å². The van der Waals surface area contributed by atoms with Gasteiger partial charge in [-0.15, -0.1) is 0 Å². The molecule has 102 valence electrons. The van der Waals surface area contributed by atoms with Crippen LogP contribution >= 0.6 is 0 Å². The minimum atomic E-state index is -3.63. The molecule has 0 spiro atoms. The van der Waals surface area contributed by atoms with Crippen LogP contribution in [0.2, 0.25) is 0 Å². The van der Waals surface area contributed by atoms with E-state index in [0.29, 0.717) is 12.8 Å². The number of hydrogen-bond acceptors (Lipinski definition) is 5. The molecular weight excluding hydrogens is 276 g/mol. The molecule has 2 N–H and O–H groups in total. The molecule has 0 heterocycles. The highest BCUT2D eigenvalue weighted by molar-refractivity contribution is 7.93. The molecule has 0 bridgehead atoms. The first-order valence-electron chi connectivity index (χ1n) is 5.34. The standard InChI is InChI=1S/C10H10N2O6S/c13-10(14)6-1-4-8(9(5-6)12(15)16)11-19(17,18)7-2-3-7/h1,4-5,7,11H,2-3H2,(H,13,14). The lowest BCUT2D eigenvalue weighted by Gasteiger charge is -2.07. The SMILES string of the molecule is O=C(O)c1ccc(NS(=O)(=O)C2CC2)c([N+](=O)[O-])c1. The normalized spacial score (nSPS) is 14.9. The number of nitrogens with one attached hydrogen (secondary N) is 1. The molecule has 1 saturated carbocycles. The van der Waals surface area contributed by atoms with Crippen LogP contribution in [0, 0.1) is 10.1 Å². The summed E-state index contributed by atoms with van der Waals surface area (Å²) in [4.78, 5) is 20.8. The number of hydrogen-bond donors (Lipinski definition) is 2. The van der Waals surface area contributed by atoms with Crippen molar-refractivity contribution in [2.45, 2.75) is 18.1 Å². The number of sulfonamides is 1. The lowest BCUT2D eigenvalue weighted by atomic mass is 10.2. The second kappa shape index (κ2) is 4.50. The van der Waals surface area contributed by atoms with Gasteiger partial charge in [-0.05, 0) is 25.0 Å². The number of carbonyl (C=O) groups is 1. The van der Waals surface area contributed by atoms with Gasteiger partial charge in [-0.2, -0.15) is 0 Å². The van der Waals surface area contributed by atoms with Gasteiger partial charge in [0.25, 0.3) is 5.69 Å². The van der Waals surface area contributed by atoms with Crippen LogP contribution in [0.1, 0.15) is 23.2 Å². The summed E-state index contributed by atoms with van der Waals surface area (Å²) in [6, 6.07) is 3.02. The minimum Gasteiger partial charge on any atom is -0.478 e. The fourth-order valence-corrected chi connectivity index (χ4v) is 2.92. The fourth-order valence-electron chi connectivity index (χ4n) is 1.52. The third-order valence-corrected chi connectivity index (χ3v) is 4.51. The highest BCUT2D eigenvalue weighted by Gasteiger charge is 2.36. The molecule has 9 heteroatoms. The van der Waals surface area contributed by atoms with E-state index in [1.54, 1.807) is 0 Å². The first-order valence-corrected chi connectivity index (χ1v) is 6.89. The van der Waals surface area contributed by atoms with Gasteiger partial charge in [-0.1, -0.05) is 0 Å². The maximum absolute atomic E-state index is 11.7. The topological polar surface area (TPSA) is 127 Å². The van der Waals surface area contributed by atoms with Gasteiger partial charge in [0.15, 0.2) is 0 Å². The van der Waals surface area contributed by atoms with Crippen LogP contribution in [0.5, 0.6) is 0 Å². The molecule has 1 aromatic rings. The zero-order valence-corrected chi connectivity index (χ0v) is 10.4. The minimum absolute atomic E-state index is 0.220. The predicted molar refractivity (Wildman–Crippen MR) is 65.6 cm³/mol. The Hall–Kier alpha value is -2.16. The summed E-state index contributed by atoms with van der Waals surface area (Å²) in [7, 11) is -3.63. The van der Waals surface area contributed by atoms with Gasteiger partial charge in [0.1, 0.15) is 5.69 Å². The van der Waals surface area contributed by atoms with Crippen LogP contribution in [0.25, 0.3) is 0 Å². The van der Waals surface area contributed by atoms with E-state index in [1.165, 1.54) is 0 Å². The van der Waals surface area contributed by atoms with Gasteiger partial charge in [-0.25, -0.2) is 13.2 Å². The average Bonchev–Trinajstić information content (AvgIpc) is 3.12. The van der Waals surface area contributed by atoms with Crippen LogP contribution in [-0.4, -0.2) is 29.7 Å². The molecule has 1 fully saturated rings. The van der Waals surface area contributed by atoms with Gasteiger partial charge in [-0.3, -0.25) is 14.8 Å². The molecule has 2 rings (SSSR count). The van der Waals surface area contributed by atoms with Gasteiger partial charge in [0.05, 0.1) is 15.7 Å². The molecule has 0 amide bonds.